The molecule has 0 unspecified atom stereocenters. The molecule has 0 aromatic heterocycles. The number of Topliss-reactive ketones (excluding diaryl/α,β-unsaturated/α-hetero) is 1. The fourth-order valence-electron chi connectivity index (χ4n) is 2.25. The number of rotatable bonds is 4. The molecule has 2 aromatic carbocycles. The van der Waals surface area contributed by atoms with Gasteiger partial charge in [0.15, 0.2) is 11.0 Å². The summed E-state index contributed by atoms with van der Waals surface area (Å²) in [5.41, 5.74) is 1.61. The summed E-state index contributed by atoms with van der Waals surface area (Å²) < 4.78 is 1.01. The maximum Gasteiger partial charge on any atom is 0.182 e. The number of halogens is 2. The van der Waals surface area contributed by atoms with E-state index in [1.54, 1.807) is 36.0 Å². The third kappa shape index (κ3) is 4.16. The molecule has 3 rings (SSSR count). The Morgan fingerprint density at radius 3 is 2.48 bits per heavy atom. The lowest BCUT2D eigenvalue weighted by atomic mass is 10.1. The number of benzene rings is 2. The lowest BCUT2D eigenvalue weighted by Crippen LogP contribution is -2.33. The van der Waals surface area contributed by atoms with E-state index in [1.807, 2.05) is 29.2 Å². The van der Waals surface area contributed by atoms with E-state index in [0.717, 1.165) is 27.6 Å². The summed E-state index contributed by atoms with van der Waals surface area (Å²) in [5, 5.41) is 1.52. The topological polar surface area (TPSA) is 32.7 Å². The molecule has 0 saturated heterocycles. The van der Waals surface area contributed by atoms with Gasteiger partial charge in [-0.25, -0.2) is 0 Å². The number of nitrogens with zero attached hydrogens (tertiary/aromatic N) is 2. The SMILES string of the molecule is O=C(CN(C1=NCCS1)c1ccc(Br)cc1)c1ccc(Cl)cc1. The zero-order valence-corrected chi connectivity index (χ0v) is 15.4. The van der Waals surface area contributed by atoms with Crippen LogP contribution in [0.4, 0.5) is 5.69 Å². The van der Waals surface area contributed by atoms with Crippen LogP contribution in [0.15, 0.2) is 58.0 Å². The summed E-state index contributed by atoms with van der Waals surface area (Å²) in [6, 6.07) is 14.9. The maximum atomic E-state index is 12.6. The Morgan fingerprint density at radius 2 is 1.87 bits per heavy atom. The fraction of sp³-hybridized carbons (Fsp3) is 0.176. The summed E-state index contributed by atoms with van der Waals surface area (Å²) >= 11 is 11.0. The molecule has 0 saturated carbocycles. The molecule has 0 atom stereocenters. The highest BCUT2D eigenvalue weighted by Crippen LogP contribution is 2.25. The first-order valence-electron chi connectivity index (χ1n) is 7.12. The van der Waals surface area contributed by atoms with Gasteiger partial charge in [0.25, 0.3) is 0 Å². The van der Waals surface area contributed by atoms with Gasteiger partial charge in [0, 0.05) is 26.5 Å². The molecule has 0 amide bonds. The lowest BCUT2D eigenvalue weighted by molar-refractivity contribution is 0.100. The minimum Gasteiger partial charge on any atom is -0.313 e. The van der Waals surface area contributed by atoms with Gasteiger partial charge < -0.3 is 4.90 Å². The third-order valence-corrected chi connectivity index (χ3v) is 5.18. The van der Waals surface area contributed by atoms with Gasteiger partial charge in [-0.05, 0) is 48.5 Å². The maximum absolute atomic E-state index is 12.6. The molecule has 1 aliphatic heterocycles. The van der Waals surface area contributed by atoms with Crippen molar-refractivity contribution in [2.24, 2.45) is 4.99 Å². The van der Waals surface area contributed by atoms with Crippen molar-refractivity contribution in [2.45, 2.75) is 0 Å². The molecule has 0 bridgehead atoms. The molecule has 0 fully saturated rings. The van der Waals surface area contributed by atoms with E-state index < -0.39 is 0 Å². The molecule has 3 nitrogen and oxygen atoms in total. The molecular formula is C17H14BrClN2OS. The van der Waals surface area contributed by atoms with Gasteiger partial charge in [0.05, 0.1) is 13.1 Å². The van der Waals surface area contributed by atoms with Crippen LogP contribution in [0.1, 0.15) is 10.4 Å². The van der Waals surface area contributed by atoms with Gasteiger partial charge in [-0.1, -0.05) is 39.3 Å². The summed E-state index contributed by atoms with van der Waals surface area (Å²) in [6.07, 6.45) is 0. The summed E-state index contributed by atoms with van der Waals surface area (Å²) in [6.45, 7) is 1.05. The van der Waals surface area contributed by atoms with Gasteiger partial charge in [0.2, 0.25) is 0 Å². The Kier molecular flexibility index (Phi) is 5.41. The number of hydrogen-bond acceptors (Lipinski definition) is 4. The molecule has 118 valence electrons. The number of carbonyl (C=O) groups is 1. The van der Waals surface area contributed by atoms with Crippen LogP contribution in [0, 0.1) is 0 Å². The number of hydrogen-bond donors (Lipinski definition) is 0. The summed E-state index contributed by atoms with van der Waals surface area (Å²) in [7, 11) is 0. The van der Waals surface area contributed by atoms with Crippen LogP contribution in [-0.2, 0) is 0 Å². The molecular weight excluding hydrogens is 396 g/mol. The van der Waals surface area contributed by atoms with E-state index in [2.05, 4.69) is 20.9 Å². The van der Waals surface area contributed by atoms with Crippen molar-refractivity contribution >= 4 is 55.9 Å². The second kappa shape index (κ2) is 7.51. The molecule has 6 heteroatoms. The second-order valence-electron chi connectivity index (χ2n) is 5.01. The second-order valence-corrected chi connectivity index (χ2v) is 7.42. The Labute approximate surface area is 152 Å². The Morgan fingerprint density at radius 1 is 1.17 bits per heavy atom. The molecule has 0 N–H and O–H groups in total. The fourth-order valence-corrected chi connectivity index (χ4v) is 3.51. The molecule has 1 heterocycles. The smallest absolute Gasteiger partial charge is 0.182 e. The Bertz CT molecular complexity index is 731. The lowest BCUT2D eigenvalue weighted by Gasteiger charge is -2.23. The first kappa shape index (κ1) is 16.6. The van der Waals surface area contributed by atoms with Crippen LogP contribution < -0.4 is 4.90 Å². The molecule has 2 aromatic rings. The van der Waals surface area contributed by atoms with E-state index >= 15 is 0 Å². The predicted octanol–water partition coefficient (Wildman–Crippen LogP) is 4.89. The highest BCUT2D eigenvalue weighted by molar-refractivity contribution is 9.10. The van der Waals surface area contributed by atoms with Gasteiger partial charge in [-0.15, -0.1) is 0 Å². The van der Waals surface area contributed by atoms with E-state index in [9.17, 15) is 4.79 Å². The van der Waals surface area contributed by atoms with Crippen molar-refractivity contribution in [3.05, 3.63) is 63.6 Å². The standard InChI is InChI=1S/C17H14BrClN2OS/c18-13-3-7-15(8-4-13)21(17-20-9-10-23-17)11-16(22)12-1-5-14(19)6-2-12/h1-8H,9-11H2. The molecule has 0 radical (unpaired) electrons. The minimum atomic E-state index is 0.0415. The van der Waals surface area contributed by atoms with E-state index in [4.69, 9.17) is 11.6 Å². The van der Waals surface area contributed by atoms with Gasteiger partial charge in [0.1, 0.15) is 0 Å². The largest absolute Gasteiger partial charge is 0.313 e. The van der Waals surface area contributed by atoms with Crippen LogP contribution in [0.3, 0.4) is 0 Å². The number of carbonyl (C=O) groups excluding carboxylic acids is 1. The zero-order chi connectivity index (χ0) is 16.2. The first-order valence-corrected chi connectivity index (χ1v) is 9.28. The quantitative estimate of drug-likeness (QED) is 0.674. The normalized spacial score (nSPS) is 13.7. The van der Waals surface area contributed by atoms with Crippen LogP contribution in [0.5, 0.6) is 0 Å². The van der Waals surface area contributed by atoms with Gasteiger partial charge in [-0.3, -0.25) is 9.79 Å². The molecule has 23 heavy (non-hydrogen) atoms. The number of aliphatic imine (C=N–C) groups is 1. The zero-order valence-electron chi connectivity index (χ0n) is 12.2. The van der Waals surface area contributed by atoms with E-state index in [-0.39, 0.29) is 12.3 Å². The average molecular weight is 410 g/mol. The minimum absolute atomic E-state index is 0.0415. The third-order valence-electron chi connectivity index (χ3n) is 3.41. The number of thioether (sulfide) groups is 1. The summed E-state index contributed by atoms with van der Waals surface area (Å²) in [5.74, 6) is 0.997. The molecule has 1 aliphatic rings. The van der Waals surface area contributed by atoms with Crippen molar-refractivity contribution in [3.8, 4) is 0 Å². The van der Waals surface area contributed by atoms with Crippen molar-refractivity contribution < 1.29 is 4.79 Å². The van der Waals surface area contributed by atoms with Gasteiger partial charge >= 0.3 is 0 Å². The molecule has 0 aliphatic carbocycles. The number of anilines is 1. The van der Waals surface area contributed by atoms with Crippen molar-refractivity contribution in [1.29, 1.82) is 0 Å². The predicted molar refractivity (Wildman–Crippen MR) is 102 cm³/mol. The number of ketones is 1. The van der Waals surface area contributed by atoms with Crippen LogP contribution in [0.2, 0.25) is 5.02 Å². The highest BCUT2D eigenvalue weighted by Gasteiger charge is 2.21. The van der Waals surface area contributed by atoms with Crippen LogP contribution in [0.25, 0.3) is 0 Å². The van der Waals surface area contributed by atoms with Crippen molar-refractivity contribution in [3.63, 3.8) is 0 Å². The van der Waals surface area contributed by atoms with Crippen molar-refractivity contribution in [2.75, 3.05) is 23.7 Å². The van der Waals surface area contributed by atoms with Crippen LogP contribution >= 0.6 is 39.3 Å². The summed E-state index contributed by atoms with van der Waals surface area (Å²) in [4.78, 5) is 19.1. The first-order chi connectivity index (χ1) is 11.1. The van der Waals surface area contributed by atoms with Crippen molar-refractivity contribution in [1.82, 2.24) is 0 Å². The highest BCUT2D eigenvalue weighted by atomic mass is 79.9. The van der Waals surface area contributed by atoms with Crippen LogP contribution in [-0.4, -0.2) is 29.8 Å². The monoisotopic (exact) mass is 408 g/mol. The average Bonchev–Trinajstić information content (AvgIpc) is 3.08. The Balaban J connectivity index is 1.85. The molecule has 0 spiro atoms. The number of amidine groups is 1. The van der Waals surface area contributed by atoms with E-state index in [0.29, 0.717) is 10.6 Å². The van der Waals surface area contributed by atoms with E-state index in [1.165, 1.54) is 0 Å². The Hall–Kier alpha value is -1.30. The van der Waals surface area contributed by atoms with Gasteiger partial charge in [-0.2, -0.15) is 0 Å².